The van der Waals surface area contributed by atoms with Crippen LogP contribution < -0.4 is 0 Å². The molecule has 0 aromatic heterocycles. The Kier molecular flexibility index (Phi) is 6.25. The molecular weight excluding hydrogens is 219 g/mol. The average molecular weight is 247 g/mol. The molecule has 2 atom stereocenters. The predicted octanol–water partition coefficient (Wildman–Crippen LogP) is 3.42. The molecule has 0 spiro atoms. The first-order valence-electron chi connectivity index (χ1n) is 6.90. The maximum atomic E-state index is 10.3. The lowest BCUT2D eigenvalue weighted by Crippen LogP contribution is -2.32. The maximum absolute atomic E-state index is 10.3. The van der Waals surface area contributed by atoms with Crippen LogP contribution in [0.25, 0.3) is 0 Å². The van der Waals surface area contributed by atoms with Crippen molar-refractivity contribution in [3.8, 4) is 0 Å². The molecule has 1 fully saturated rings. The van der Waals surface area contributed by atoms with Gasteiger partial charge in [0.25, 0.3) is 0 Å². The number of aliphatic hydroxyl groups excluding tert-OH is 2. The number of unbranched alkanes of at least 4 members (excludes halogenated alkanes) is 2. The van der Waals surface area contributed by atoms with Crippen LogP contribution in [0.2, 0.25) is 0 Å². The van der Waals surface area contributed by atoms with Crippen molar-refractivity contribution in [2.24, 2.45) is 0 Å². The third-order valence-corrected chi connectivity index (χ3v) is 9.16. The Balaban J connectivity index is 2.71. The first kappa shape index (κ1) is 14.4. The van der Waals surface area contributed by atoms with E-state index in [4.69, 9.17) is 0 Å². The van der Waals surface area contributed by atoms with Gasteiger partial charge in [-0.15, -0.1) is 0 Å². The Labute approximate surface area is 101 Å². The van der Waals surface area contributed by atoms with E-state index in [0.29, 0.717) is 0 Å². The average Bonchev–Trinajstić information content (AvgIpc) is 2.28. The lowest BCUT2D eigenvalue weighted by atomic mass is 10.2. The maximum Gasteiger partial charge on any atom is 0.166 e. The van der Waals surface area contributed by atoms with Crippen molar-refractivity contribution in [2.45, 2.75) is 70.5 Å². The highest BCUT2D eigenvalue weighted by atomic mass is 31.2. The molecule has 1 aliphatic rings. The fourth-order valence-electron chi connectivity index (χ4n) is 2.81. The highest BCUT2D eigenvalue weighted by molar-refractivity contribution is 7.76. The zero-order valence-corrected chi connectivity index (χ0v) is 11.8. The van der Waals surface area contributed by atoms with Crippen LogP contribution in [0.5, 0.6) is 0 Å². The molecule has 2 nitrogen and oxygen atoms in total. The largest absolute Gasteiger partial charge is 0.359 e. The van der Waals surface area contributed by atoms with Crippen LogP contribution in [-0.2, 0) is 0 Å². The van der Waals surface area contributed by atoms with E-state index in [1.807, 2.05) is 0 Å². The van der Waals surface area contributed by atoms with Crippen LogP contribution in [0, 0.1) is 0 Å². The van der Waals surface area contributed by atoms with Gasteiger partial charge in [0.1, 0.15) is 0 Å². The second-order valence-corrected chi connectivity index (χ2v) is 9.44. The minimum absolute atomic E-state index is 0.172. The summed E-state index contributed by atoms with van der Waals surface area (Å²) < 4.78 is 0. The van der Waals surface area contributed by atoms with Crippen molar-refractivity contribution in [2.75, 3.05) is 12.3 Å². The molecule has 1 rings (SSSR count). The molecule has 0 amide bonds. The summed E-state index contributed by atoms with van der Waals surface area (Å²) in [7, 11) is -1.49. The minimum Gasteiger partial charge on any atom is -0.359 e. The van der Waals surface area contributed by atoms with E-state index in [9.17, 15) is 10.2 Å². The van der Waals surface area contributed by atoms with Gasteiger partial charge in [0.05, 0.1) is 19.6 Å². The molecule has 2 N–H and O–H groups in total. The smallest absolute Gasteiger partial charge is 0.166 e. The standard InChI is InChI=1S/C13H28O2P/c1-3-5-10-16(11-6-4-2)12(14)8-7-9-13(16)15/h12-15H,3-11H2,1-2H3/q+1. The van der Waals surface area contributed by atoms with E-state index in [1.165, 1.54) is 25.7 Å². The first-order chi connectivity index (χ1) is 7.67. The summed E-state index contributed by atoms with van der Waals surface area (Å²) >= 11 is 0. The molecule has 1 saturated heterocycles. The fourth-order valence-corrected chi connectivity index (χ4v) is 7.83. The van der Waals surface area contributed by atoms with Crippen LogP contribution >= 0.6 is 7.26 Å². The molecule has 1 aliphatic heterocycles. The van der Waals surface area contributed by atoms with E-state index < -0.39 is 7.26 Å². The third kappa shape index (κ3) is 3.18. The fraction of sp³-hybridized carbons (Fsp3) is 1.00. The molecular formula is C13H28O2P+. The Morgan fingerprint density at radius 3 is 1.75 bits per heavy atom. The van der Waals surface area contributed by atoms with Gasteiger partial charge >= 0.3 is 0 Å². The molecule has 0 aromatic rings. The van der Waals surface area contributed by atoms with Crippen molar-refractivity contribution in [3.05, 3.63) is 0 Å². The molecule has 0 aromatic carbocycles. The molecule has 1 heterocycles. The Morgan fingerprint density at radius 1 is 0.938 bits per heavy atom. The van der Waals surface area contributed by atoms with Crippen LogP contribution in [0.15, 0.2) is 0 Å². The monoisotopic (exact) mass is 247 g/mol. The molecule has 2 unspecified atom stereocenters. The summed E-state index contributed by atoms with van der Waals surface area (Å²) in [4.78, 5) is 0. The van der Waals surface area contributed by atoms with Gasteiger partial charge in [-0.05, 0) is 19.3 Å². The van der Waals surface area contributed by atoms with E-state index >= 15 is 0 Å². The van der Waals surface area contributed by atoms with Gasteiger partial charge in [0.2, 0.25) is 0 Å². The molecule has 0 radical (unpaired) electrons. The molecule has 0 saturated carbocycles. The highest BCUT2D eigenvalue weighted by Crippen LogP contribution is 2.70. The van der Waals surface area contributed by atoms with Crippen molar-refractivity contribution in [1.82, 2.24) is 0 Å². The summed E-state index contributed by atoms with van der Waals surface area (Å²) in [5, 5.41) is 20.7. The van der Waals surface area contributed by atoms with Gasteiger partial charge in [-0.3, -0.25) is 0 Å². The molecule has 96 valence electrons. The predicted molar refractivity (Wildman–Crippen MR) is 72.3 cm³/mol. The first-order valence-corrected chi connectivity index (χ1v) is 9.19. The molecule has 0 bridgehead atoms. The highest BCUT2D eigenvalue weighted by Gasteiger charge is 2.52. The van der Waals surface area contributed by atoms with Gasteiger partial charge in [-0.1, -0.05) is 26.7 Å². The van der Waals surface area contributed by atoms with Gasteiger partial charge in [-0.2, -0.15) is 0 Å². The zero-order chi connectivity index (χ0) is 12.0. The number of hydrogen-bond acceptors (Lipinski definition) is 2. The summed E-state index contributed by atoms with van der Waals surface area (Å²) in [6.07, 6.45) is 9.76. The summed E-state index contributed by atoms with van der Waals surface area (Å²) in [6.45, 7) is 4.39. The zero-order valence-electron chi connectivity index (χ0n) is 10.9. The third-order valence-electron chi connectivity index (χ3n) is 3.97. The second kappa shape index (κ2) is 6.93. The van der Waals surface area contributed by atoms with E-state index in [0.717, 1.165) is 31.6 Å². The van der Waals surface area contributed by atoms with Gasteiger partial charge in [-0.25, -0.2) is 0 Å². The summed E-state index contributed by atoms with van der Waals surface area (Å²) in [5.41, 5.74) is 0. The van der Waals surface area contributed by atoms with E-state index in [-0.39, 0.29) is 11.7 Å². The SMILES string of the molecule is CCCC[P+]1(CCCC)C(O)CCCC1O. The van der Waals surface area contributed by atoms with Gasteiger partial charge in [0.15, 0.2) is 11.7 Å². The lowest BCUT2D eigenvalue weighted by molar-refractivity contribution is 0.173. The second-order valence-electron chi connectivity index (χ2n) is 5.15. The van der Waals surface area contributed by atoms with Crippen molar-refractivity contribution in [1.29, 1.82) is 0 Å². The van der Waals surface area contributed by atoms with E-state index in [1.54, 1.807) is 0 Å². The molecule has 0 aliphatic carbocycles. The summed E-state index contributed by atoms with van der Waals surface area (Å²) in [6, 6.07) is 0. The topological polar surface area (TPSA) is 40.5 Å². The number of hydrogen-bond donors (Lipinski definition) is 2. The van der Waals surface area contributed by atoms with Crippen molar-refractivity contribution < 1.29 is 10.2 Å². The van der Waals surface area contributed by atoms with Gasteiger partial charge < -0.3 is 10.2 Å². The van der Waals surface area contributed by atoms with E-state index in [2.05, 4.69) is 13.8 Å². The van der Waals surface area contributed by atoms with Gasteiger partial charge in [0, 0.05) is 12.8 Å². The Morgan fingerprint density at radius 2 is 1.38 bits per heavy atom. The summed E-state index contributed by atoms with van der Waals surface area (Å²) in [5.74, 6) is -0.344. The molecule has 3 heteroatoms. The van der Waals surface area contributed by atoms with Crippen LogP contribution in [0.1, 0.15) is 58.8 Å². The Hall–Kier alpha value is 0.350. The quantitative estimate of drug-likeness (QED) is 0.706. The lowest BCUT2D eigenvalue weighted by Gasteiger charge is -2.39. The molecule has 16 heavy (non-hydrogen) atoms. The normalized spacial score (nSPS) is 29.2. The Bertz CT molecular complexity index is 176. The van der Waals surface area contributed by atoms with Crippen LogP contribution in [0.4, 0.5) is 0 Å². The number of rotatable bonds is 6. The van der Waals surface area contributed by atoms with Crippen LogP contribution in [0.3, 0.4) is 0 Å². The minimum atomic E-state index is -1.49. The number of aliphatic hydroxyl groups is 2. The van der Waals surface area contributed by atoms with Crippen molar-refractivity contribution >= 4 is 7.26 Å². The van der Waals surface area contributed by atoms with Crippen LogP contribution in [-0.4, -0.2) is 34.2 Å². The van der Waals surface area contributed by atoms with Crippen molar-refractivity contribution in [3.63, 3.8) is 0 Å².